The highest BCUT2D eigenvalue weighted by Crippen LogP contribution is 2.16. The normalized spacial score (nSPS) is 19.3. The first-order valence-corrected chi connectivity index (χ1v) is 7.65. The molecule has 1 fully saturated rings. The van der Waals surface area contributed by atoms with Crippen LogP contribution in [-0.2, 0) is 16.0 Å². The largest absolute Gasteiger partial charge is 0.444 e. The highest BCUT2D eigenvalue weighted by atomic mass is 16.6. The van der Waals surface area contributed by atoms with E-state index in [1.54, 1.807) is 4.90 Å². The predicted molar refractivity (Wildman–Crippen MR) is 84.5 cm³/mol. The molecule has 1 aromatic carbocycles. The van der Waals surface area contributed by atoms with Crippen LogP contribution in [0.1, 0.15) is 32.8 Å². The van der Waals surface area contributed by atoms with Crippen LogP contribution < -0.4 is 5.32 Å². The summed E-state index contributed by atoms with van der Waals surface area (Å²) in [6.07, 6.45) is 0.648. The van der Waals surface area contributed by atoms with Gasteiger partial charge in [0.25, 0.3) is 0 Å². The third kappa shape index (κ3) is 4.76. The molecular weight excluding hydrogens is 280 g/mol. The van der Waals surface area contributed by atoms with E-state index >= 15 is 0 Å². The Hall–Kier alpha value is -2.04. The number of nitrogens with zero attached hydrogens (tertiary/aromatic N) is 1. The second kappa shape index (κ2) is 6.81. The zero-order chi connectivity index (χ0) is 16.2. The molecule has 120 valence electrons. The van der Waals surface area contributed by atoms with Crippen molar-refractivity contribution in [1.82, 2.24) is 10.2 Å². The van der Waals surface area contributed by atoms with Crippen LogP contribution in [0.25, 0.3) is 0 Å². The first-order valence-electron chi connectivity index (χ1n) is 7.65. The highest BCUT2D eigenvalue weighted by Gasteiger charge is 2.31. The van der Waals surface area contributed by atoms with Gasteiger partial charge < -0.3 is 15.0 Å². The van der Waals surface area contributed by atoms with Crippen molar-refractivity contribution in [2.45, 2.75) is 45.3 Å². The number of hydrogen-bond donors (Lipinski definition) is 1. The van der Waals surface area contributed by atoms with Crippen molar-refractivity contribution in [2.75, 3.05) is 13.1 Å². The van der Waals surface area contributed by atoms with Crippen LogP contribution in [0.15, 0.2) is 30.3 Å². The Bertz CT molecular complexity index is 522. The summed E-state index contributed by atoms with van der Waals surface area (Å²) in [5.74, 6) is -0.0240. The third-order valence-electron chi connectivity index (χ3n) is 3.50. The molecule has 0 aromatic heterocycles. The maximum Gasteiger partial charge on any atom is 0.410 e. The number of amides is 2. The summed E-state index contributed by atoms with van der Waals surface area (Å²) in [5.41, 5.74) is 0.593. The molecule has 2 amide bonds. The van der Waals surface area contributed by atoms with Crippen LogP contribution in [-0.4, -0.2) is 41.6 Å². The Labute approximate surface area is 131 Å². The number of benzene rings is 1. The van der Waals surface area contributed by atoms with E-state index in [0.29, 0.717) is 25.9 Å². The molecule has 1 aliphatic rings. The van der Waals surface area contributed by atoms with Gasteiger partial charge in [-0.3, -0.25) is 4.79 Å². The van der Waals surface area contributed by atoms with Crippen LogP contribution in [0.2, 0.25) is 0 Å². The van der Waals surface area contributed by atoms with E-state index in [4.69, 9.17) is 4.74 Å². The average Bonchev–Trinajstić information content (AvgIpc) is 2.61. The van der Waals surface area contributed by atoms with Crippen LogP contribution in [0.5, 0.6) is 0 Å². The molecule has 0 unspecified atom stereocenters. The number of hydrogen-bond acceptors (Lipinski definition) is 3. The molecule has 1 N–H and O–H groups in total. The summed E-state index contributed by atoms with van der Waals surface area (Å²) >= 11 is 0. The maximum atomic E-state index is 12.4. The van der Waals surface area contributed by atoms with Crippen LogP contribution >= 0.6 is 0 Å². The maximum absolute atomic E-state index is 12.4. The number of ether oxygens (including phenoxy) is 1. The van der Waals surface area contributed by atoms with Crippen molar-refractivity contribution in [2.24, 2.45) is 0 Å². The number of carbonyl (C=O) groups excluding carboxylic acids is 2. The minimum absolute atomic E-state index is 0.0240. The lowest BCUT2D eigenvalue weighted by atomic mass is 10.0. The van der Waals surface area contributed by atoms with Gasteiger partial charge in [-0.15, -0.1) is 0 Å². The van der Waals surface area contributed by atoms with E-state index in [-0.39, 0.29) is 18.0 Å². The quantitative estimate of drug-likeness (QED) is 0.912. The molecule has 0 radical (unpaired) electrons. The van der Waals surface area contributed by atoms with Crippen LogP contribution in [0.3, 0.4) is 0 Å². The molecule has 0 bridgehead atoms. The van der Waals surface area contributed by atoms with E-state index in [1.165, 1.54) is 0 Å². The molecule has 22 heavy (non-hydrogen) atoms. The fraction of sp³-hybridized carbons (Fsp3) is 0.529. The Balaban J connectivity index is 2.14. The van der Waals surface area contributed by atoms with Crippen LogP contribution in [0.4, 0.5) is 4.79 Å². The highest BCUT2D eigenvalue weighted by molar-refractivity contribution is 5.78. The minimum atomic E-state index is -0.544. The van der Waals surface area contributed by atoms with Gasteiger partial charge in [0.05, 0.1) is 6.04 Å². The average molecular weight is 304 g/mol. The third-order valence-corrected chi connectivity index (χ3v) is 3.50. The van der Waals surface area contributed by atoms with Gasteiger partial charge in [-0.25, -0.2) is 4.79 Å². The number of rotatable bonds is 2. The first kappa shape index (κ1) is 16.3. The molecule has 1 aliphatic heterocycles. The lowest BCUT2D eigenvalue weighted by Gasteiger charge is -2.32. The van der Waals surface area contributed by atoms with Crippen molar-refractivity contribution < 1.29 is 14.3 Å². The van der Waals surface area contributed by atoms with E-state index in [1.807, 2.05) is 51.1 Å². The summed E-state index contributed by atoms with van der Waals surface area (Å²) < 4.78 is 5.48. The molecular formula is C17H24N2O3. The zero-order valence-corrected chi connectivity index (χ0v) is 13.5. The second-order valence-electron chi connectivity index (χ2n) is 6.57. The lowest BCUT2D eigenvalue weighted by Crippen LogP contribution is -2.47. The molecule has 0 spiro atoms. The first-order chi connectivity index (χ1) is 10.3. The molecule has 1 saturated heterocycles. The smallest absolute Gasteiger partial charge is 0.410 e. The Morgan fingerprint density at radius 3 is 2.64 bits per heavy atom. The lowest BCUT2D eigenvalue weighted by molar-refractivity contribution is -0.120. The molecule has 1 aromatic rings. The fourth-order valence-electron chi connectivity index (χ4n) is 2.46. The number of nitrogens with one attached hydrogen (secondary N) is 1. The topological polar surface area (TPSA) is 58.6 Å². The van der Waals surface area contributed by atoms with E-state index in [0.717, 1.165) is 5.56 Å². The van der Waals surface area contributed by atoms with Gasteiger partial charge in [0, 0.05) is 19.5 Å². The molecule has 1 atom stereocenters. The van der Waals surface area contributed by atoms with Gasteiger partial charge in [-0.2, -0.15) is 0 Å². The van der Waals surface area contributed by atoms with Gasteiger partial charge in [0.1, 0.15) is 5.60 Å². The van der Waals surface area contributed by atoms with Crippen molar-refractivity contribution in [3.05, 3.63) is 35.9 Å². The second-order valence-corrected chi connectivity index (χ2v) is 6.57. The summed E-state index contributed by atoms with van der Waals surface area (Å²) in [7, 11) is 0. The van der Waals surface area contributed by atoms with Crippen LogP contribution in [0, 0.1) is 0 Å². The van der Waals surface area contributed by atoms with E-state index in [2.05, 4.69) is 5.32 Å². The van der Waals surface area contributed by atoms with Crippen molar-refractivity contribution in [3.8, 4) is 0 Å². The zero-order valence-electron chi connectivity index (χ0n) is 13.5. The molecule has 5 nitrogen and oxygen atoms in total. The molecule has 1 heterocycles. The molecule has 0 aliphatic carbocycles. The molecule has 0 saturated carbocycles. The van der Waals surface area contributed by atoms with Gasteiger partial charge in [-0.1, -0.05) is 30.3 Å². The summed E-state index contributed by atoms with van der Waals surface area (Å²) in [5, 5.41) is 2.87. The van der Waals surface area contributed by atoms with E-state index < -0.39 is 5.60 Å². The predicted octanol–water partition coefficient (Wildman–Crippen LogP) is 2.35. The van der Waals surface area contributed by atoms with E-state index in [9.17, 15) is 9.59 Å². The molecule has 2 rings (SSSR count). The summed E-state index contributed by atoms with van der Waals surface area (Å²) in [6, 6.07) is 9.87. The van der Waals surface area contributed by atoms with Crippen molar-refractivity contribution in [1.29, 1.82) is 0 Å². The standard InChI is InChI=1S/C17H24N2O3/c1-17(2,3)22-16(21)19-10-9-15(20)18-12-14(19)11-13-7-5-4-6-8-13/h4-8,14H,9-12H2,1-3H3,(H,18,20)/t14-/m1/s1. The summed E-state index contributed by atoms with van der Waals surface area (Å²) in [6.45, 7) is 6.38. The summed E-state index contributed by atoms with van der Waals surface area (Å²) in [4.78, 5) is 25.8. The molecule has 5 heteroatoms. The fourth-order valence-corrected chi connectivity index (χ4v) is 2.46. The Kier molecular flexibility index (Phi) is 5.06. The van der Waals surface area contributed by atoms with Gasteiger partial charge in [0.2, 0.25) is 5.91 Å². The Morgan fingerprint density at radius 1 is 1.32 bits per heavy atom. The van der Waals surface area contributed by atoms with Gasteiger partial charge >= 0.3 is 6.09 Å². The van der Waals surface area contributed by atoms with Gasteiger partial charge in [0.15, 0.2) is 0 Å². The Morgan fingerprint density at radius 2 is 2.00 bits per heavy atom. The monoisotopic (exact) mass is 304 g/mol. The SMILES string of the molecule is CC(C)(C)OC(=O)N1CCC(=O)NC[C@H]1Cc1ccccc1. The van der Waals surface area contributed by atoms with Gasteiger partial charge in [-0.05, 0) is 32.8 Å². The number of carbonyl (C=O) groups is 2. The van der Waals surface area contributed by atoms with Crippen molar-refractivity contribution in [3.63, 3.8) is 0 Å². The minimum Gasteiger partial charge on any atom is -0.444 e. The van der Waals surface area contributed by atoms with Crippen molar-refractivity contribution >= 4 is 12.0 Å².